The van der Waals surface area contributed by atoms with Crippen molar-refractivity contribution in [2.24, 2.45) is 0 Å². The van der Waals surface area contributed by atoms with E-state index in [0.717, 1.165) is 19.5 Å². The van der Waals surface area contributed by atoms with Gasteiger partial charge in [0.1, 0.15) is 0 Å². The van der Waals surface area contributed by atoms with Gasteiger partial charge in [-0.1, -0.05) is 6.92 Å². The van der Waals surface area contributed by atoms with Crippen LogP contribution < -0.4 is 10.0 Å². The molecule has 110 valence electrons. The maximum Gasteiger partial charge on any atom is 0.232 e. The molecule has 0 aromatic carbocycles. The maximum absolute atomic E-state index is 11.8. The monoisotopic (exact) mass is 288 g/mol. The number of unbranched alkanes of at least 4 members (excludes halogenated alkanes) is 1. The second-order valence-corrected chi connectivity index (χ2v) is 6.63. The maximum atomic E-state index is 11.8. The summed E-state index contributed by atoms with van der Waals surface area (Å²) in [6.45, 7) is 7.79. The Morgan fingerprint density at radius 2 is 2.11 bits per heavy atom. The standard InChI is InChI=1S/C12H24N4O2S/c1-4-13-7-5-6-8-19(17,18)15-12-9-14-16(10-12)11(2)3/h9-11,13,15H,4-8H2,1-3H3. The Hall–Kier alpha value is -1.08. The topological polar surface area (TPSA) is 76.0 Å². The van der Waals surface area contributed by atoms with Gasteiger partial charge in [-0.15, -0.1) is 0 Å². The van der Waals surface area contributed by atoms with E-state index in [9.17, 15) is 8.42 Å². The molecule has 0 aliphatic carbocycles. The largest absolute Gasteiger partial charge is 0.317 e. The van der Waals surface area contributed by atoms with E-state index in [1.807, 2.05) is 20.8 Å². The third-order valence-electron chi connectivity index (χ3n) is 2.67. The minimum atomic E-state index is -3.27. The Bertz CT molecular complexity index is 468. The SMILES string of the molecule is CCNCCCCS(=O)(=O)Nc1cnn(C(C)C)c1. The number of nitrogens with zero attached hydrogens (tertiary/aromatic N) is 2. The van der Waals surface area contributed by atoms with Crippen LogP contribution in [0, 0.1) is 0 Å². The summed E-state index contributed by atoms with van der Waals surface area (Å²) >= 11 is 0. The van der Waals surface area contributed by atoms with Crippen LogP contribution in [0.3, 0.4) is 0 Å². The number of nitrogens with one attached hydrogen (secondary N) is 2. The zero-order valence-electron chi connectivity index (χ0n) is 11.9. The van der Waals surface area contributed by atoms with Gasteiger partial charge in [0, 0.05) is 12.2 Å². The number of hydrogen-bond acceptors (Lipinski definition) is 4. The summed E-state index contributed by atoms with van der Waals surface area (Å²) in [7, 11) is -3.27. The minimum Gasteiger partial charge on any atom is -0.317 e. The third kappa shape index (κ3) is 6.07. The van der Waals surface area contributed by atoms with Gasteiger partial charge in [-0.2, -0.15) is 5.10 Å². The normalized spacial score (nSPS) is 12.0. The van der Waals surface area contributed by atoms with E-state index in [4.69, 9.17) is 0 Å². The highest BCUT2D eigenvalue weighted by Gasteiger charge is 2.11. The highest BCUT2D eigenvalue weighted by Crippen LogP contribution is 2.12. The van der Waals surface area contributed by atoms with Gasteiger partial charge in [0.15, 0.2) is 0 Å². The van der Waals surface area contributed by atoms with Crippen molar-refractivity contribution in [3.63, 3.8) is 0 Å². The molecule has 7 heteroatoms. The van der Waals surface area contributed by atoms with Crippen LogP contribution in [0.1, 0.15) is 39.7 Å². The fourth-order valence-electron chi connectivity index (χ4n) is 1.62. The summed E-state index contributed by atoms with van der Waals surface area (Å²) < 4.78 is 28.0. The molecule has 0 saturated heterocycles. The number of aromatic nitrogens is 2. The molecular weight excluding hydrogens is 264 g/mol. The Labute approximate surface area is 115 Å². The molecule has 0 bridgehead atoms. The van der Waals surface area contributed by atoms with Crippen LogP contribution >= 0.6 is 0 Å². The number of rotatable bonds is 9. The number of anilines is 1. The predicted molar refractivity (Wildman–Crippen MR) is 77.8 cm³/mol. The Kier molecular flexibility index (Phi) is 6.30. The van der Waals surface area contributed by atoms with Crippen LogP contribution in [0.2, 0.25) is 0 Å². The van der Waals surface area contributed by atoms with Crippen molar-refractivity contribution < 1.29 is 8.42 Å². The minimum absolute atomic E-state index is 0.144. The zero-order chi connectivity index (χ0) is 14.3. The summed E-state index contributed by atoms with van der Waals surface area (Å²) in [4.78, 5) is 0. The molecule has 0 radical (unpaired) electrons. The van der Waals surface area contributed by atoms with Crippen molar-refractivity contribution in [2.45, 2.75) is 39.7 Å². The molecule has 0 aliphatic rings. The van der Waals surface area contributed by atoms with E-state index >= 15 is 0 Å². The molecule has 0 atom stereocenters. The molecule has 0 amide bonds. The van der Waals surface area contributed by atoms with Crippen molar-refractivity contribution in [3.8, 4) is 0 Å². The number of sulfonamides is 1. The van der Waals surface area contributed by atoms with E-state index in [1.54, 1.807) is 10.9 Å². The summed E-state index contributed by atoms with van der Waals surface area (Å²) in [5, 5.41) is 7.27. The second kappa shape index (κ2) is 7.49. The van der Waals surface area contributed by atoms with Crippen molar-refractivity contribution in [3.05, 3.63) is 12.4 Å². The van der Waals surface area contributed by atoms with E-state index < -0.39 is 10.0 Å². The Balaban J connectivity index is 2.40. The van der Waals surface area contributed by atoms with Crippen LogP contribution in [0.5, 0.6) is 0 Å². The highest BCUT2D eigenvalue weighted by atomic mass is 32.2. The van der Waals surface area contributed by atoms with Gasteiger partial charge < -0.3 is 5.32 Å². The van der Waals surface area contributed by atoms with Crippen molar-refractivity contribution in [2.75, 3.05) is 23.6 Å². The van der Waals surface area contributed by atoms with Gasteiger partial charge in [0.05, 0.1) is 17.6 Å². The second-order valence-electron chi connectivity index (χ2n) is 4.78. The summed E-state index contributed by atoms with van der Waals surface area (Å²) in [5.74, 6) is 0.144. The van der Waals surface area contributed by atoms with Gasteiger partial charge in [-0.3, -0.25) is 9.40 Å². The van der Waals surface area contributed by atoms with Crippen molar-refractivity contribution >= 4 is 15.7 Å². The molecule has 0 aliphatic heterocycles. The third-order valence-corrected chi connectivity index (χ3v) is 4.04. The molecule has 0 unspecified atom stereocenters. The lowest BCUT2D eigenvalue weighted by Crippen LogP contribution is -2.19. The first kappa shape index (κ1) is 16.0. The fraction of sp³-hybridized carbons (Fsp3) is 0.750. The van der Waals surface area contributed by atoms with E-state index in [-0.39, 0.29) is 11.8 Å². The summed E-state index contributed by atoms with van der Waals surface area (Å²) in [6.07, 6.45) is 4.76. The lowest BCUT2D eigenvalue weighted by molar-refractivity contribution is 0.532. The van der Waals surface area contributed by atoms with Gasteiger partial charge in [-0.05, 0) is 39.8 Å². The summed E-state index contributed by atoms with van der Waals surface area (Å²) in [6, 6.07) is 0.221. The predicted octanol–water partition coefficient (Wildman–Crippen LogP) is 1.60. The molecule has 1 aromatic heterocycles. The molecule has 19 heavy (non-hydrogen) atoms. The average Bonchev–Trinajstić information content (AvgIpc) is 2.76. The lowest BCUT2D eigenvalue weighted by Gasteiger charge is -2.06. The van der Waals surface area contributed by atoms with Gasteiger partial charge in [-0.25, -0.2) is 8.42 Å². The molecule has 0 spiro atoms. The molecule has 6 nitrogen and oxygen atoms in total. The first-order valence-corrected chi connectivity index (χ1v) is 8.35. The average molecular weight is 288 g/mol. The van der Waals surface area contributed by atoms with E-state index in [1.165, 1.54) is 6.20 Å². The van der Waals surface area contributed by atoms with Crippen LogP contribution in [-0.2, 0) is 10.0 Å². The molecule has 1 heterocycles. The van der Waals surface area contributed by atoms with E-state index in [2.05, 4.69) is 15.1 Å². The van der Waals surface area contributed by atoms with Gasteiger partial charge in [0.2, 0.25) is 10.0 Å². The van der Waals surface area contributed by atoms with Gasteiger partial charge >= 0.3 is 0 Å². The molecule has 0 saturated carbocycles. The first-order valence-electron chi connectivity index (χ1n) is 6.70. The lowest BCUT2D eigenvalue weighted by atomic mass is 10.3. The fourth-order valence-corrected chi connectivity index (χ4v) is 2.77. The summed E-state index contributed by atoms with van der Waals surface area (Å²) in [5.41, 5.74) is 0.528. The molecular formula is C12H24N4O2S. The molecule has 1 aromatic rings. The number of hydrogen-bond donors (Lipinski definition) is 2. The zero-order valence-corrected chi connectivity index (χ0v) is 12.7. The van der Waals surface area contributed by atoms with Gasteiger partial charge in [0.25, 0.3) is 0 Å². The van der Waals surface area contributed by atoms with Crippen LogP contribution in [0.25, 0.3) is 0 Å². The van der Waals surface area contributed by atoms with Crippen molar-refractivity contribution in [1.29, 1.82) is 0 Å². The molecule has 2 N–H and O–H groups in total. The van der Waals surface area contributed by atoms with Crippen LogP contribution in [0.4, 0.5) is 5.69 Å². The quantitative estimate of drug-likeness (QED) is 0.677. The molecule has 0 fully saturated rings. The smallest absolute Gasteiger partial charge is 0.232 e. The van der Waals surface area contributed by atoms with Crippen LogP contribution in [0.15, 0.2) is 12.4 Å². The van der Waals surface area contributed by atoms with Crippen molar-refractivity contribution in [1.82, 2.24) is 15.1 Å². The Morgan fingerprint density at radius 1 is 1.37 bits per heavy atom. The highest BCUT2D eigenvalue weighted by molar-refractivity contribution is 7.92. The Morgan fingerprint density at radius 3 is 2.68 bits per heavy atom. The van der Waals surface area contributed by atoms with E-state index in [0.29, 0.717) is 12.1 Å². The first-order chi connectivity index (χ1) is 8.94. The van der Waals surface area contributed by atoms with Crippen LogP contribution in [-0.4, -0.2) is 37.0 Å². The molecule has 1 rings (SSSR count).